The first-order chi connectivity index (χ1) is 13.7. The SMILES string of the molecule is O=C(CCCSc1ccc(F)cc1)N1CCC(c2nc3ccccc3s2)CC1. The van der Waals surface area contributed by atoms with Crippen molar-refractivity contribution in [2.75, 3.05) is 18.8 Å². The van der Waals surface area contributed by atoms with Crippen molar-refractivity contribution in [3.05, 3.63) is 59.4 Å². The summed E-state index contributed by atoms with van der Waals surface area (Å²) in [6.45, 7) is 1.65. The van der Waals surface area contributed by atoms with Crippen LogP contribution in [-0.2, 0) is 4.79 Å². The predicted octanol–water partition coefficient (Wildman–Crippen LogP) is 5.71. The number of carbonyl (C=O) groups is 1. The van der Waals surface area contributed by atoms with Gasteiger partial charge in [0.25, 0.3) is 0 Å². The lowest BCUT2D eigenvalue weighted by Gasteiger charge is -2.31. The molecule has 0 atom stereocenters. The summed E-state index contributed by atoms with van der Waals surface area (Å²) in [5, 5.41) is 1.21. The van der Waals surface area contributed by atoms with Gasteiger partial charge >= 0.3 is 0 Å². The van der Waals surface area contributed by atoms with Crippen molar-refractivity contribution in [1.82, 2.24) is 9.88 Å². The highest BCUT2D eigenvalue weighted by Crippen LogP contribution is 2.34. The lowest BCUT2D eigenvalue weighted by atomic mass is 9.97. The van der Waals surface area contributed by atoms with Gasteiger partial charge in [0.15, 0.2) is 0 Å². The summed E-state index contributed by atoms with van der Waals surface area (Å²) in [5.74, 6) is 1.38. The molecule has 1 aromatic heterocycles. The molecule has 2 heterocycles. The van der Waals surface area contributed by atoms with Gasteiger partial charge in [0.1, 0.15) is 5.82 Å². The summed E-state index contributed by atoms with van der Waals surface area (Å²) in [6.07, 6.45) is 3.42. The number of para-hydroxylation sites is 1. The summed E-state index contributed by atoms with van der Waals surface area (Å²) >= 11 is 3.46. The number of benzene rings is 2. The van der Waals surface area contributed by atoms with Crippen LogP contribution < -0.4 is 0 Å². The standard InChI is InChI=1S/C22H23FN2OS2/c23-17-7-9-18(10-8-17)27-15-3-6-21(26)25-13-11-16(12-14-25)22-24-19-4-1-2-5-20(19)28-22/h1-2,4-5,7-10,16H,3,6,11-15H2. The van der Waals surface area contributed by atoms with E-state index in [9.17, 15) is 9.18 Å². The third-order valence-corrected chi connectivity index (χ3v) is 7.42. The highest BCUT2D eigenvalue weighted by molar-refractivity contribution is 7.99. The van der Waals surface area contributed by atoms with Crippen LogP contribution >= 0.6 is 23.1 Å². The normalized spacial score (nSPS) is 15.2. The van der Waals surface area contributed by atoms with Crippen molar-refractivity contribution in [2.45, 2.75) is 36.5 Å². The summed E-state index contributed by atoms with van der Waals surface area (Å²) < 4.78 is 14.2. The van der Waals surface area contributed by atoms with Crippen LogP contribution in [0.4, 0.5) is 4.39 Å². The van der Waals surface area contributed by atoms with Crippen LogP contribution in [0, 0.1) is 5.82 Å². The Kier molecular flexibility index (Phi) is 6.27. The Bertz CT molecular complexity index is 900. The van der Waals surface area contributed by atoms with E-state index >= 15 is 0 Å². The van der Waals surface area contributed by atoms with Crippen LogP contribution in [0.1, 0.15) is 36.6 Å². The number of fused-ring (bicyclic) bond motifs is 1. The second kappa shape index (κ2) is 9.05. The van der Waals surface area contributed by atoms with Crippen molar-refractivity contribution >= 4 is 39.2 Å². The summed E-state index contributed by atoms with van der Waals surface area (Å²) in [4.78, 5) is 20.3. The monoisotopic (exact) mass is 414 g/mol. The predicted molar refractivity (Wildman–Crippen MR) is 115 cm³/mol. The molecule has 6 heteroatoms. The molecule has 3 nitrogen and oxygen atoms in total. The highest BCUT2D eigenvalue weighted by Gasteiger charge is 2.25. The first-order valence-electron chi connectivity index (χ1n) is 9.70. The van der Waals surface area contributed by atoms with Crippen LogP contribution in [0.3, 0.4) is 0 Å². The molecule has 2 aromatic carbocycles. The highest BCUT2D eigenvalue weighted by atomic mass is 32.2. The van der Waals surface area contributed by atoms with E-state index in [2.05, 4.69) is 18.2 Å². The number of carbonyl (C=O) groups excluding carboxylic acids is 1. The number of piperidine rings is 1. The van der Waals surface area contributed by atoms with E-state index in [1.807, 2.05) is 11.0 Å². The molecular weight excluding hydrogens is 391 g/mol. The molecule has 1 saturated heterocycles. The van der Waals surface area contributed by atoms with Crippen LogP contribution in [0.25, 0.3) is 10.2 Å². The number of halogens is 1. The average molecular weight is 415 g/mol. The van der Waals surface area contributed by atoms with Crippen LogP contribution in [-0.4, -0.2) is 34.6 Å². The van der Waals surface area contributed by atoms with E-state index in [0.717, 1.165) is 48.5 Å². The number of likely N-dealkylation sites (tertiary alicyclic amines) is 1. The third-order valence-electron chi connectivity index (χ3n) is 5.12. The summed E-state index contributed by atoms with van der Waals surface area (Å²) in [6, 6.07) is 14.8. The van der Waals surface area contributed by atoms with Crippen molar-refractivity contribution < 1.29 is 9.18 Å². The van der Waals surface area contributed by atoms with Crippen molar-refractivity contribution in [1.29, 1.82) is 0 Å². The number of nitrogens with zero attached hydrogens (tertiary/aromatic N) is 2. The van der Waals surface area contributed by atoms with E-state index in [0.29, 0.717) is 12.3 Å². The molecule has 1 aliphatic heterocycles. The molecule has 1 aliphatic rings. The number of hydrogen-bond acceptors (Lipinski definition) is 4. The van der Waals surface area contributed by atoms with E-state index in [1.165, 1.54) is 21.8 Å². The van der Waals surface area contributed by atoms with Gasteiger partial charge in [-0.1, -0.05) is 12.1 Å². The van der Waals surface area contributed by atoms with Crippen molar-refractivity contribution in [2.24, 2.45) is 0 Å². The molecule has 0 unspecified atom stereocenters. The minimum Gasteiger partial charge on any atom is -0.343 e. The fourth-order valence-electron chi connectivity index (χ4n) is 3.54. The Labute approximate surface area is 173 Å². The molecule has 0 aliphatic carbocycles. The quantitative estimate of drug-likeness (QED) is 0.382. The Hall–Kier alpha value is -1.92. The molecule has 3 aromatic rings. The van der Waals surface area contributed by atoms with Crippen LogP contribution in [0.15, 0.2) is 53.4 Å². The molecule has 146 valence electrons. The second-order valence-corrected chi connectivity index (χ2v) is 9.31. The minimum absolute atomic E-state index is 0.214. The van der Waals surface area contributed by atoms with Gasteiger partial charge in [-0.2, -0.15) is 0 Å². The molecule has 28 heavy (non-hydrogen) atoms. The van der Waals surface area contributed by atoms with Gasteiger partial charge in [-0.25, -0.2) is 9.37 Å². The maximum atomic E-state index is 12.9. The number of aromatic nitrogens is 1. The van der Waals surface area contributed by atoms with Gasteiger partial charge in [-0.15, -0.1) is 23.1 Å². The first-order valence-corrected chi connectivity index (χ1v) is 11.5. The van der Waals surface area contributed by atoms with Crippen LogP contribution in [0.2, 0.25) is 0 Å². The minimum atomic E-state index is -0.214. The van der Waals surface area contributed by atoms with Gasteiger partial charge in [0.05, 0.1) is 15.2 Å². The molecule has 0 radical (unpaired) electrons. The lowest BCUT2D eigenvalue weighted by molar-refractivity contribution is -0.132. The molecule has 0 saturated carbocycles. The van der Waals surface area contributed by atoms with Crippen LogP contribution in [0.5, 0.6) is 0 Å². The van der Waals surface area contributed by atoms with Gasteiger partial charge in [-0.05, 0) is 61.4 Å². The Morgan fingerprint density at radius 3 is 2.64 bits per heavy atom. The third kappa shape index (κ3) is 4.73. The number of rotatable bonds is 6. The van der Waals surface area contributed by atoms with Gasteiger partial charge in [0, 0.05) is 30.3 Å². The molecule has 1 amide bonds. The maximum Gasteiger partial charge on any atom is 0.222 e. The molecular formula is C22H23FN2OS2. The number of hydrogen-bond donors (Lipinski definition) is 0. The van der Waals surface area contributed by atoms with E-state index in [1.54, 1.807) is 35.2 Å². The lowest BCUT2D eigenvalue weighted by Crippen LogP contribution is -2.37. The Balaban J connectivity index is 1.21. The number of thiazole rings is 1. The largest absolute Gasteiger partial charge is 0.343 e. The van der Waals surface area contributed by atoms with Crippen molar-refractivity contribution in [3.63, 3.8) is 0 Å². The topological polar surface area (TPSA) is 33.2 Å². The smallest absolute Gasteiger partial charge is 0.222 e. The van der Waals surface area contributed by atoms with Gasteiger partial charge in [0.2, 0.25) is 5.91 Å². The average Bonchev–Trinajstić information content (AvgIpc) is 3.17. The zero-order valence-electron chi connectivity index (χ0n) is 15.6. The number of thioether (sulfide) groups is 1. The molecule has 0 N–H and O–H groups in total. The fourth-order valence-corrected chi connectivity index (χ4v) is 5.53. The zero-order valence-corrected chi connectivity index (χ0v) is 17.3. The maximum absolute atomic E-state index is 12.9. The Morgan fingerprint density at radius 1 is 1.14 bits per heavy atom. The van der Waals surface area contributed by atoms with Gasteiger partial charge < -0.3 is 4.90 Å². The van der Waals surface area contributed by atoms with E-state index < -0.39 is 0 Å². The zero-order chi connectivity index (χ0) is 19.3. The summed E-state index contributed by atoms with van der Waals surface area (Å²) in [5.41, 5.74) is 1.08. The summed E-state index contributed by atoms with van der Waals surface area (Å²) in [7, 11) is 0. The second-order valence-electron chi connectivity index (χ2n) is 7.08. The molecule has 0 spiro atoms. The molecule has 1 fully saturated rings. The van der Waals surface area contributed by atoms with Crippen molar-refractivity contribution in [3.8, 4) is 0 Å². The van der Waals surface area contributed by atoms with E-state index in [4.69, 9.17) is 4.98 Å². The first kappa shape index (κ1) is 19.4. The molecule has 4 rings (SSSR count). The fraction of sp³-hybridized carbons (Fsp3) is 0.364. The van der Waals surface area contributed by atoms with Gasteiger partial charge in [-0.3, -0.25) is 4.79 Å². The Morgan fingerprint density at radius 2 is 1.89 bits per heavy atom. The number of amides is 1. The molecule has 0 bridgehead atoms. The van der Waals surface area contributed by atoms with E-state index in [-0.39, 0.29) is 11.7 Å².